The minimum absolute atomic E-state index is 0.0106. The van der Waals surface area contributed by atoms with E-state index >= 15 is 0 Å². The Morgan fingerprint density at radius 2 is 2.03 bits per heavy atom. The molecule has 0 radical (unpaired) electrons. The number of carbonyl (C=O) groups is 1. The number of azo groups is 1. The molecule has 3 rings (SSSR count). The number of methoxy groups -OCH3 is 1. The smallest absolute Gasteiger partial charge is 0.458 e. The molecule has 0 saturated carbocycles. The maximum atomic E-state index is 13.0. The fraction of sp³-hybridized carbons (Fsp3) is 0.500. The Hall–Kier alpha value is -2.85. The molecule has 1 aliphatic rings. The first-order chi connectivity index (χ1) is 15.9. The van der Waals surface area contributed by atoms with Gasteiger partial charge in [0, 0.05) is 25.9 Å². The van der Waals surface area contributed by atoms with E-state index in [1.165, 1.54) is 19.2 Å². The number of anilines is 2. The number of nitrogens with one attached hydrogen (secondary N) is 1. The Labute approximate surface area is 197 Å². The van der Waals surface area contributed by atoms with Gasteiger partial charge in [0.05, 0.1) is 12.3 Å². The van der Waals surface area contributed by atoms with Gasteiger partial charge in [0.15, 0.2) is 0 Å². The summed E-state index contributed by atoms with van der Waals surface area (Å²) in [6, 6.07) is 2.87. The lowest BCUT2D eigenvalue weighted by molar-refractivity contribution is -0.0429. The third kappa shape index (κ3) is 5.79. The zero-order valence-corrected chi connectivity index (χ0v) is 19.9. The molecule has 34 heavy (non-hydrogen) atoms. The van der Waals surface area contributed by atoms with E-state index in [2.05, 4.69) is 20.4 Å². The van der Waals surface area contributed by atoms with Crippen molar-refractivity contribution in [2.75, 3.05) is 37.0 Å². The quantitative estimate of drug-likeness (QED) is 0.314. The molecule has 0 fully saturated rings. The molecular weight excluding hydrogens is 501 g/mol. The van der Waals surface area contributed by atoms with E-state index < -0.39 is 27.2 Å². The van der Waals surface area contributed by atoms with Crippen molar-refractivity contribution >= 4 is 49.5 Å². The number of esters is 1. The summed E-state index contributed by atoms with van der Waals surface area (Å²) in [6.07, 6.45) is 1.41. The molecule has 1 N–H and O–H groups in total. The second kappa shape index (κ2) is 10.2. The summed E-state index contributed by atoms with van der Waals surface area (Å²) in [5, 5.41) is 14.9. The number of carbonyl (C=O) groups excluding carboxylic acids is 1. The van der Waals surface area contributed by atoms with Gasteiger partial charge in [0.1, 0.15) is 12.3 Å². The van der Waals surface area contributed by atoms with Gasteiger partial charge in [0.25, 0.3) is 5.13 Å². The van der Waals surface area contributed by atoms with Crippen LogP contribution in [0.4, 0.5) is 35.4 Å². The summed E-state index contributed by atoms with van der Waals surface area (Å²) < 4.78 is 73.7. The van der Waals surface area contributed by atoms with E-state index in [1.807, 2.05) is 11.8 Å². The number of benzene rings is 1. The number of alkyl halides is 3. The first-order valence-electron chi connectivity index (χ1n) is 9.83. The van der Waals surface area contributed by atoms with E-state index in [0.29, 0.717) is 12.1 Å². The molecule has 1 aliphatic heterocycles. The van der Waals surface area contributed by atoms with Crippen molar-refractivity contribution in [3.63, 3.8) is 0 Å². The Balaban J connectivity index is 1.93. The van der Waals surface area contributed by atoms with E-state index in [-0.39, 0.29) is 35.1 Å². The molecule has 0 aliphatic carbocycles. The molecule has 2 heterocycles. The van der Waals surface area contributed by atoms with Crippen LogP contribution in [0.5, 0.6) is 0 Å². The van der Waals surface area contributed by atoms with E-state index in [0.717, 1.165) is 23.3 Å². The number of ether oxygens (including phenoxy) is 2. The molecule has 0 amide bonds. The van der Waals surface area contributed by atoms with Crippen LogP contribution in [0.2, 0.25) is 0 Å². The zero-order valence-electron chi connectivity index (χ0n) is 18.3. The standard InChI is InChI=1S/C18H21F3N6O5S2/c1-10-4-5-11-8-12(13(9-14(11)27(10)2)26-34(29,30)18(19,20)21)22-24-17-25-23-15(33-17)16(28)32-7-6-31-3/h8-10,26H,4-7H2,1-3H3. The van der Waals surface area contributed by atoms with Crippen LogP contribution < -0.4 is 9.62 Å². The predicted molar refractivity (Wildman–Crippen MR) is 117 cm³/mol. The predicted octanol–water partition coefficient (Wildman–Crippen LogP) is 3.79. The minimum atomic E-state index is -5.70. The van der Waals surface area contributed by atoms with Crippen molar-refractivity contribution in [3.05, 3.63) is 22.7 Å². The average Bonchev–Trinajstić information content (AvgIpc) is 3.24. The summed E-state index contributed by atoms with van der Waals surface area (Å²) in [5.41, 5.74) is -4.72. The minimum Gasteiger partial charge on any atom is -0.458 e. The summed E-state index contributed by atoms with van der Waals surface area (Å²) in [6.45, 7) is 2.15. The van der Waals surface area contributed by atoms with Gasteiger partial charge in [-0.1, -0.05) is 11.3 Å². The summed E-state index contributed by atoms with van der Waals surface area (Å²) in [5.74, 6) is -0.749. The van der Waals surface area contributed by atoms with Crippen LogP contribution in [-0.2, 0) is 25.9 Å². The Morgan fingerprint density at radius 1 is 1.29 bits per heavy atom. The first kappa shape index (κ1) is 25.8. The van der Waals surface area contributed by atoms with Gasteiger partial charge in [-0.05, 0) is 37.5 Å². The third-order valence-electron chi connectivity index (χ3n) is 4.97. The summed E-state index contributed by atoms with van der Waals surface area (Å²) in [7, 11) is -2.49. The van der Waals surface area contributed by atoms with Crippen LogP contribution >= 0.6 is 11.3 Å². The highest BCUT2D eigenvalue weighted by Crippen LogP contribution is 2.40. The Kier molecular flexibility index (Phi) is 7.72. The second-order valence-corrected chi connectivity index (χ2v) is 9.90. The SMILES string of the molecule is COCCOC(=O)c1nnc(N=Nc2cc3c(cc2NS(=O)(=O)C(F)(F)F)N(C)C(C)CC3)s1. The molecule has 186 valence electrons. The molecule has 0 spiro atoms. The lowest BCUT2D eigenvalue weighted by atomic mass is 9.96. The van der Waals surface area contributed by atoms with Gasteiger partial charge >= 0.3 is 21.5 Å². The van der Waals surface area contributed by atoms with E-state index in [1.54, 1.807) is 11.8 Å². The fourth-order valence-corrected chi connectivity index (χ4v) is 4.15. The van der Waals surface area contributed by atoms with Crippen LogP contribution in [0.1, 0.15) is 28.7 Å². The highest BCUT2D eigenvalue weighted by molar-refractivity contribution is 7.93. The summed E-state index contributed by atoms with van der Waals surface area (Å²) in [4.78, 5) is 13.7. The number of aryl methyl sites for hydroxylation is 1. The molecule has 0 bridgehead atoms. The molecule has 1 aromatic carbocycles. The number of hydrogen-bond donors (Lipinski definition) is 1. The third-order valence-corrected chi connectivity index (χ3v) is 6.86. The largest absolute Gasteiger partial charge is 0.516 e. The van der Waals surface area contributed by atoms with Crippen LogP contribution in [0.15, 0.2) is 22.4 Å². The second-order valence-electron chi connectivity index (χ2n) is 7.27. The van der Waals surface area contributed by atoms with Crippen LogP contribution in [0, 0.1) is 0 Å². The highest BCUT2D eigenvalue weighted by Gasteiger charge is 2.46. The van der Waals surface area contributed by atoms with Crippen molar-refractivity contribution in [1.29, 1.82) is 0 Å². The van der Waals surface area contributed by atoms with E-state index in [4.69, 9.17) is 9.47 Å². The zero-order chi connectivity index (χ0) is 25.1. The number of aromatic nitrogens is 2. The molecule has 11 nitrogen and oxygen atoms in total. The van der Waals surface area contributed by atoms with Gasteiger partial charge < -0.3 is 14.4 Å². The number of nitrogens with zero attached hydrogens (tertiary/aromatic N) is 5. The van der Waals surface area contributed by atoms with Crippen LogP contribution in [0.25, 0.3) is 0 Å². The van der Waals surface area contributed by atoms with Crippen molar-refractivity contribution in [2.24, 2.45) is 10.2 Å². The fourth-order valence-electron chi connectivity index (χ4n) is 3.03. The number of halogens is 3. The highest BCUT2D eigenvalue weighted by atomic mass is 32.2. The van der Waals surface area contributed by atoms with Crippen LogP contribution in [-0.4, -0.2) is 63.5 Å². The molecule has 1 atom stereocenters. The van der Waals surface area contributed by atoms with Gasteiger partial charge in [-0.2, -0.15) is 21.6 Å². The number of hydrogen-bond acceptors (Lipinski definition) is 11. The number of fused-ring (bicyclic) bond motifs is 1. The molecular formula is C18H21F3N6O5S2. The summed E-state index contributed by atoms with van der Waals surface area (Å²) >= 11 is 0.746. The Bertz CT molecular complexity index is 1190. The van der Waals surface area contributed by atoms with Crippen molar-refractivity contribution in [1.82, 2.24) is 10.2 Å². The van der Waals surface area contributed by atoms with Gasteiger partial charge in [-0.25, -0.2) is 4.79 Å². The van der Waals surface area contributed by atoms with Crippen LogP contribution in [0.3, 0.4) is 0 Å². The van der Waals surface area contributed by atoms with Crippen molar-refractivity contribution in [3.8, 4) is 0 Å². The normalized spacial score (nSPS) is 16.5. The molecule has 2 aromatic rings. The maximum absolute atomic E-state index is 13.0. The number of sulfonamides is 1. The molecule has 1 unspecified atom stereocenters. The topological polar surface area (TPSA) is 135 Å². The Morgan fingerprint density at radius 3 is 2.71 bits per heavy atom. The number of rotatable bonds is 8. The monoisotopic (exact) mass is 522 g/mol. The lowest BCUT2D eigenvalue weighted by Gasteiger charge is -2.34. The van der Waals surface area contributed by atoms with Gasteiger partial charge in [-0.3, -0.25) is 4.72 Å². The lowest BCUT2D eigenvalue weighted by Crippen LogP contribution is -2.34. The van der Waals surface area contributed by atoms with Crippen molar-refractivity contribution in [2.45, 2.75) is 31.3 Å². The van der Waals surface area contributed by atoms with Gasteiger partial charge in [0.2, 0.25) is 5.01 Å². The molecule has 1 aromatic heterocycles. The van der Waals surface area contributed by atoms with E-state index in [9.17, 15) is 26.4 Å². The van der Waals surface area contributed by atoms with Crippen molar-refractivity contribution < 1.29 is 35.9 Å². The van der Waals surface area contributed by atoms with Gasteiger partial charge in [-0.15, -0.1) is 20.4 Å². The first-order valence-corrected chi connectivity index (χ1v) is 12.1. The molecule has 16 heteroatoms. The maximum Gasteiger partial charge on any atom is 0.516 e. The average molecular weight is 523 g/mol. The molecule has 0 saturated heterocycles.